The van der Waals surface area contributed by atoms with Gasteiger partial charge in [0.15, 0.2) is 17.3 Å². The van der Waals surface area contributed by atoms with Crippen molar-refractivity contribution < 1.29 is 24.2 Å². The molecule has 6 nitrogen and oxygen atoms in total. The van der Waals surface area contributed by atoms with E-state index in [1.54, 1.807) is 17.0 Å². The average molecular weight is 492 g/mol. The largest absolute Gasteiger partial charge is 0.490 e. The van der Waals surface area contributed by atoms with Crippen LogP contribution in [0.15, 0.2) is 34.7 Å². The van der Waals surface area contributed by atoms with Crippen molar-refractivity contribution in [1.82, 2.24) is 4.90 Å². The predicted molar refractivity (Wildman–Crippen MR) is 126 cm³/mol. The number of Topliss-reactive ketones (excluding diaryl/α,β-unsaturated/α-hetero) is 2. The molecule has 176 valence electrons. The maximum atomic E-state index is 13.2. The first kappa shape index (κ1) is 23.8. The molecule has 4 rings (SSSR count). The summed E-state index contributed by atoms with van der Waals surface area (Å²) in [5.74, 6) is -1.05. The first-order valence-electron chi connectivity index (χ1n) is 11.3. The first-order chi connectivity index (χ1) is 15.7. The molecule has 33 heavy (non-hydrogen) atoms. The first-order valence-corrected chi connectivity index (χ1v) is 12.1. The summed E-state index contributed by atoms with van der Waals surface area (Å²) in [5.41, 5.74) is 3.07. The van der Waals surface area contributed by atoms with Crippen LogP contribution in [0.5, 0.6) is 5.75 Å². The summed E-state index contributed by atoms with van der Waals surface area (Å²) in [5, 5.41) is 10.2. The van der Waals surface area contributed by atoms with Crippen molar-refractivity contribution in [3.63, 3.8) is 0 Å². The highest BCUT2D eigenvalue weighted by Crippen LogP contribution is 2.50. The molecule has 3 aliphatic rings. The van der Waals surface area contributed by atoms with Gasteiger partial charge in [-0.05, 0) is 49.3 Å². The molecule has 1 N–H and O–H groups in total. The van der Waals surface area contributed by atoms with Gasteiger partial charge in [-0.15, -0.1) is 0 Å². The van der Waals surface area contributed by atoms with E-state index in [1.165, 1.54) is 0 Å². The Labute approximate surface area is 203 Å². The van der Waals surface area contributed by atoms with Crippen molar-refractivity contribution in [3.05, 3.63) is 50.3 Å². The maximum Gasteiger partial charge on any atom is 0.323 e. The molecule has 0 bridgehead atoms. The zero-order valence-corrected chi connectivity index (χ0v) is 20.3. The summed E-state index contributed by atoms with van der Waals surface area (Å²) >= 11 is 13.1. The number of carbonyl (C=O) groups is 3. The number of ketones is 2. The molecular formula is C25H27Cl2NO5. The van der Waals surface area contributed by atoms with E-state index in [1.807, 2.05) is 13.8 Å². The smallest absolute Gasteiger partial charge is 0.323 e. The van der Waals surface area contributed by atoms with Crippen LogP contribution in [0.2, 0.25) is 10.0 Å². The van der Waals surface area contributed by atoms with E-state index in [-0.39, 0.29) is 24.0 Å². The molecule has 0 spiro atoms. The Hall–Kier alpha value is -2.31. The van der Waals surface area contributed by atoms with Gasteiger partial charge >= 0.3 is 5.97 Å². The zero-order valence-electron chi connectivity index (χ0n) is 18.7. The molecule has 2 aliphatic carbocycles. The lowest BCUT2D eigenvalue weighted by molar-refractivity contribution is -0.138. The van der Waals surface area contributed by atoms with Crippen molar-refractivity contribution >= 4 is 40.7 Å². The fourth-order valence-corrected chi connectivity index (χ4v) is 5.62. The maximum absolute atomic E-state index is 13.2. The standard InChI is InChI=1S/C25H27Cl2NO5/c1-13(2)12-33-25-15(26)9-14(10-16(25)27)22-23-17(5-3-7-19(23)29)28(11-21(31)32)18-6-4-8-20(30)24(18)22/h9-10,13,22H,3-8,11-12H2,1-2H3,(H,31,32). The predicted octanol–water partition coefficient (Wildman–Crippen LogP) is 5.53. The van der Waals surface area contributed by atoms with Crippen molar-refractivity contribution in [2.45, 2.75) is 58.3 Å². The highest BCUT2D eigenvalue weighted by Gasteiger charge is 2.44. The molecule has 1 heterocycles. The number of hydrogen-bond acceptors (Lipinski definition) is 5. The van der Waals surface area contributed by atoms with Crippen LogP contribution in [-0.4, -0.2) is 40.7 Å². The number of rotatable bonds is 6. The number of halogens is 2. The lowest BCUT2D eigenvalue weighted by Gasteiger charge is -2.43. The molecule has 0 aromatic heterocycles. The highest BCUT2D eigenvalue weighted by atomic mass is 35.5. The molecule has 0 atom stereocenters. The van der Waals surface area contributed by atoms with E-state index < -0.39 is 11.9 Å². The van der Waals surface area contributed by atoms with Gasteiger partial charge in [-0.2, -0.15) is 0 Å². The molecule has 1 aliphatic heterocycles. The molecule has 0 saturated carbocycles. The van der Waals surface area contributed by atoms with Crippen LogP contribution >= 0.6 is 23.2 Å². The molecule has 1 aromatic carbocycles. The summed E-state index contributed by atoms with van der Waals surface area (Å²) < 4.78 is 5.79. The number of carboxylic acids is 1. The lowest BCUT2D eigenvalue weighted by atomic mass is 9.71. The van der Waals surface area contributed by atoms with Gasteiger partial charge < -0.3 is 14.7 Å². The minimum absolute atomic E-state index is 0.0612. The minimum atomic E-state index is -0.999. The van der Waals surface area contributed by atoms with Gasteiger partial charge in [-0.3, -0.25) is 14.4 Å². The Morgan fingerprint density at radius 2 is 1.55 bits per heavy atom. The fourth-order valence-electron chi connectivity index (χ4n) is 5.01. The third-order valence-corrected chi connectivity index (χ3v) is 6.86. The second-order valence-electron chi connectivity index (χ2n) is 9.21. The van der Waals surface area contributed by atoms with Crippen LogP contribution in [0.3, 0.4) is 0 Å². The van der Waals surface area contributed by atoms with E-state index in [2.05, 4.69) is 0 Å². The van der Waals surface area contributed by atoms with Gasteiger partial charge in [-0.1, -0.05) is 37.0 Å². The average Bonchev–Trinajstić information content (AvgIpc) is 2.73. The number of allylic oxidation sites excluding steroid dienone is 4. The van der Waals surface area contributed by atoms with E-state index in [0.717, 1.165) is 0 Å². The van der Waals surface area contributed by atoms with Crippen LogP contribution in [0.25, 0.3) is 0 Å². The van der Waals surface area contributed by atoms with Gasteiger partial charge in [0.25, 0.3) is 0 Å². The second-order valence-corrected chi connectivity index (χ2v) is 10.0. The normalized spacial score (nSPS) is 19.2. The van der Waals surface area contributed by atoms with Gasteiger partial charge in [0.2, 0.25) is 0 Å². The van der Waals surface area contributed by atoms with E-state index >= 15 is 0 Å². The summed E-state index contributed by atoms with van der Waals surface area (Å²) in [6, 6.07) is 3.44. The Morgan fingerprint density at radius 3 is 2.00 bits per heavy atom. The van der Waals surface area contributed by atoms with Crippen LogP contribution < -0.4 is 4.74 Å². The molecule has 0 fully saturated rings. The number of carboxylic acid groups (broad SMARTS) is 1. The number of carbonyl (C=O) groups excluding carboxylic acids is 2. The number of benzene rings is 1. The Morgan fingerprint density at radius 1 is 1.03 bits per heavy atom. The summed E-state index contributed by atoms with van der Waals surface area (Å²) in [6.07, 6.45) is 3.22. The molecule has 1 aromatic rings. The van der Waals surface area contributed by atoms with Crippen molar-refractivity contribution in [3.8, 4) is 5.75 Å². The zero-order chi connectivity index (χ0) is 23.9. The molecule has 0 radical (unpaired) electrons. The minimum Gasteiger partial charge on any atom is -0.490 e. The number of aliphatic carboxylic acids is 1. The van der Waals surface area contributed by atoms with E-state index in [4.69, 9.17) is 27.9 Å². The SMILES string of the molecule is CC(C)COc1c(Cl)cc(C2C3=C(CCCC3=O)N(CC(=O)O)C3=C2C(=O)CCC3)cc1Cl. The Bertz CT molecular complexity index is 1020. The van der Waals surface area contributed by atoms with Gasteiger partial charge in [0, 0.05) is 41.3 Å². The quantitative estimate of drug-likeness (QED) is 0.563. The lowest BCUT2D eigenvalue weighted by Crippen LogP contribution is -2.41. The van der Waals surface area contributed by atoms with Gasteiger partial charge in [0.05, 0.1) is 16.7 Å². The summed E-state index contributed by atoms with van der Waals surface area (Å²) in [6.45, 7) is 4.22. The van der Waals surface area contributed by atoms with Gasteiger partial charge in [-0.25, -0.2) is 0 Å². The van der Waals surface area contributed by atoms with E-state index in [0.29, 0.717) is 89.0 Å². The number of ether oxygens (including phenoxy) is 1. The third-order valence-electron chi connectivity index (χ3n) is 6.29. The fraction of sp³-hybridized carbons (Fsp3) is 0.480. The number of hydrogen-bond donors (Lipinski definition) is 1. The summed E-state index contributed by atoms with van der Waals surface area (Å²) in [4.78, 5) is 39.7. The topological polar surface area (TPSA) is 83.9 Å². The van der Waals surface area contributed by atoms with Crippen molar-refractivity contribution in [2.75, 3.05) is 13.2 Å². The second kappa shape index (κ2) is 9.51. The van der Waals surface area contributed by atoms with Crippen LogP contribution in [0.4, 0.5) is 0 Å². The summed E-state index contributed by atoms with van der Waals surface area (Å²) in [7, 11) is 0. The molecule has 0 amide bonds. The van der Waals surface area contributed by atoms with Crippen molar-refractivity contribution in [2.24, 2.45) is 5.92 Å². The van der Waals surface area contributed by atoms with Crippen LogP contribution in [0, 0.1) is 5.92 Å². The van der Waals surface area contributed by atoms with E-state index in [9.17, 15) is 19.5 Å². The monoisotopic (exact) mass is 491 g/mol. The van der Waals surface area contributed by atoms with Crippen LogP contribution in [0.1, 0.15) is 63.9 Å². The third kappa shape index (κ3) is 4.56. The number of nitrogens with zero attached hydrogens (tertiary/aromatic N) is 1. The molecule has 0 saturated heterocycles. The Kier molecular flexibility index (Phi) is 6.87. The highest BCUT2D eigenvalue weighted by molar-refractivity contribution is 6.37. The van der Waals surface area contributed by atoms with Crippen LogP contribution in [-0.2, 0) is 14.4 Å². The molecule has 8 heteroatoms. The Balaban J connectivity index is 1.89. The van der Waals surface area contributed by atoms with Gasteiger partial charge in [0.1, 0.15) is 6.54 Å². The van der Waals surface area contributed by atoms with Crippen molar-refractivity contribution in [1.29, 1.82) is 0 Å². The molecule has 0 unspecified atom stereocenters. The molecular weight excluding hydrogens is 465 g/mol.